The van der Waals surface area contributed by atoms with Gasteiger partial charge in [0.15, 0.2) is 0 Å². The highest BCUT2D eigenvalue weighted by molar-refractivity contribution is 7.89. The summed E-state index contributed by atoms with van der Waals surface area (Å²) in [5, 5.41) is 4.06. The van der Waals surface area contributed by atoms with Crippen LogP contribution in [0.4, 0.5) is 0 Å². The van der Waals surface area contributed by atoms with E-state index in [0.717, 1.165) is 24.2 Å². The van der Waals surface area contributed by atoms with Crippen LogP contribution in [0.1, 0.15) is 30.8 Å². The number of hydrogen-bond acceptors (Lipinski definition) is 4. The molecule has 0 bridgehead atoms. The molecule has 2 heterocycles. The summed E-state index contributed by atoms with van der Waals surface area (Å²) in [6.07, 6.45) is 1.65. The van der Waals surface area contributed by atoms with Gasteiger partial charge in [-0.3, -0.25) is 0 Å². The molecule has 0 amide bonds. The van der Waals surface area contributed by atoms with Crippen molar-refractivity contribution in [2.45, 2.75) is 31.0 Å². The average molecular weight is 292 g/mol. The molecule has 1 aliphatic rings. The van der Waals surface area contributed by atoms with Gasteiger partial charge in [-0.15, -0.1) is 5.10 Å². The third kappa shape index (κ3) is 2.23. The first-order valence-corrected chi connectivity index (χ1v) is 8.10. The Bertz CT molecular complexity index is 709. The van der Waals surface area contributed by atoms with Crippen molar-refractivity contribution in [3.05, 3.63) is 41.7 Å². The minimum atomic E-state index is -3.59. The lowest BCUT2D eigenvalue weighted by atomic mass is 10.1. The van der Waals surface area contributed by atoms with Crippen molar-refractivity contribution in [1.29, 1.82) is 0 Å². The number of rotatable bonds is 4. The normalized spacial score (nSPS) is 18.1. The van der Waals surface area contributed by atoms with Crippen molar-refractivity contribution in [3.63, 3.8) is 0 Å². The second-order valence-corrected chi connectivity index (χ2v) is 6.38. The number of aryl methyl sites for hydroxylation is 1. The third-order valence-electron chi connectivity index (χ3n) is 3.38. The van der Waals surface area contributed by atoms with E-state index in [0.29, 0.717) is 6.54 Å². The van der Waals surface area contributed by atoms with Gasteiger partial charge in [0.05, 0.1) is 6.04 Å². The second kappa shape index (κ2) is 4.99. The summed E-state index contributed by atoms with van der Waals surface area (Å²) in [6, 6.07) is 10.0. The van der Waals surface area contributed by atoms with Crippen LogP contribution in [0.15, 0.2) is 35.5 Å². The first kappa shape index (κ1) is 13.3. The molecule has 106 valence electrons. The predicted molar refractivity (Wildman–Crippen MR) is 73.8 cm³/mol. The number of fused-ring (bicyclic) bond motifs is 1. The highest BCUT2D eigenvalue weighted by Crippen LogP contribution is 2.30. The number of hydrogen-bond donors (Lipinski definition) is 1. The van der Waals surface area contributed by atoms with Crippen LogP contribution < -0.4 is 4.72 Å². The number of sulfonamides is 1. The second-order valence-electron chi connectivity index (χ2n) is 4.72. The minimum Gasteiger partial charge on any atom is -0.241 e. The summed E-state index contributed by atoms with van der Waals surface area (Å²) < 4.78 is 28.0. The van der Waals surface area contributed by atoms with Crippen LogP contribution in [0.2, 0.25) is 0 Å². The lowest BCUT2D eigenvalue weighted by Gasteiger charge is -2.11. The molecule has 2 aromatic rings. The molecular formula is C13H16N4O2S. The lowest BCUT2D eigenvalue weighted by Crippen LogP contribution is -2.24. The molecule has 20 heavy (non-hydrogen) atoms. The zero-order valence-electron chi connectivity index (χ0n) is 11.2. The van der Waals surface area contributed by atoms with Crippen LogP contribution >= 0.6 is 0 Å². The van der Waals surface area contributed by atoms with Gasteiger partial charge in [0.2, 0.25) is 0 Å². The van der Waals surface area contributed by atoms with Gasteiger partial charge in [-0.25, -0.2) is 22.8 Å². The van der Waals surface area contributed by atoms with E-state index in [-0.39, 0.29) is 11.2 Å². The fourth-order valence-electron chi connectivity index (χ4n) is 2.49. The Morgan fingerprint density at radius 2 is 2.10 bits per heavy atom. The quantitative estimate of drug-likeness (QED) is 0.916. The summed E-state index contributed by atoms with van der Waals surface area (Å²) in [5.74, 6) is 0.732. The third-order valence-corrected chi connectivity index (χ3v) is 4.70. The smallest absolute Gasteiger partial charge is 0.241 e. The molecule has 1 aliphatic heterocycles. The number of nitrogens with zero attached hydrogens (tertiary/aromatic N) is 3. The van der Waals surface area contributed by atoms with Gasteiger partial charge in [0.1, 0.15) is 5.82 Å². The topological polar surface area (TPSA) is 76.9 Å². The maximum atomic E-state index is 11.9. The van der Waals surface area contributed by atoms with Crippen molar-refractivity contribution in [3.8, 4) is 0 Å². The molecule has 1 aromatic carbocycles. The SMILES string of the molecule is CCNS(=O)(=O)c1nc2n(n1)[C@H](c1ccccc1)CC2. The fraction of sp³-hybridized carbons (Fsp3) is 0.385. The first-order valence-electron chi connectivity index (χ1n) is 6.62. The van der Waals surface area contributed by atoms with Crippen LogP contribution in [0.5, 0.6) is 0 Å². The molecule has 1 aromatic heterocycles. The summed E-state index contributed by atoms with van der Waals surface area (Å²) in [7, 11) is -3.59. The molecule has 7 heteroatoms. The van der Waals surface area contributed by atoms with Crippen LogP contribution in [0, 0.1) is 0 Å². The van der Waals surface area contributed by atoms with Crippen LogP contribution in [-0.4, -0.2) is 29.7 Å². The van der Waals surface area contributed by atoms with Crippen LogP contribution in [0.25, 0.3) is 0 Å². The predicted octanol–water partition coefficient (Wildman–Crippen LogP) is 1.11. The molecule has 0 saturated carbocycles. The van der Waals surface area contributed by atoms with Gasteiger partial charge in [-0.1, -0.05) is 37.3 Å². The molecule has 1 N–H and O–H groups in total. The molecule has 0 spiro atoms. The lowest BCUT2D eigenvalue weighted by molar-refractivity contribution is 0.530. The molecule has 0 radical (unpaired) electrons. The Balaban J connectivity index is 1.97. The van der Waals surface area contributed by atoms with Gasteiger partial charge in [0, 0.05) is 13.0 Å². The molecule has 6 nitrogen and oxygen atoms in total. The Hall–Kier alpha value is -1.73. The number of benzene rings is 1. The Kier molecular flexibility index (Phi) is 3.31. The molecule has 0 aliphatic carbocycles. The van der Waals surface area contributed by atoms with E-state index in [1.807, 2.05) is 30.3 Å². The monoisotopic (exact) mass is 292 g/mol. The number of aromatic nitrogens is 3. The summed E-state index contributed by atoms with van der Waals surface area (Å²) >= 11 is 0. The van der Waals surface area contributed by atoms with E-state index in [4.69, 9.17) is 0 Å². The fourth-order valence-corrected chi connectivity index (χ4v) is 3.42. The molecule has 0 unspecified atom stereocenters. The van der Waals surface area contributed by atoms with Gasteiger partial charge >= 0.3 is 0 Å². The van der Waals surface area contributed by atoms with Gasteiger partial charge < -0.3 is 0 Å². The van der Waals surface area contributed by atoms with E-state index in [2.05, 4.69) is 14.8 Å². The van der Waals surface area contributed by atoms with Crippen LogP contribution in [-0.2, 0) is 16.4 Å². The Labute approximate surface area is 117 Å². The van der Waals surface area contributed by atoms with Gasteiger partial charge in [0.25, 0.3) is 15.2 Å². The van der Waals surface area contributed by atoms with E-state index < -0.39 is 10.0 Å². The zero-order valence-corrected chi connectivity index (χ0v) is 12.0. The first-order chi connectivity index (χ1) is 9.62. The van der Waals surface area contributed by atoms with Crippen molar-refractivity contribution < 1.29 is 8.42 Å². The molecule has 3 rings (SSSR count). The summed E-state index contributed by atoms with van der Waals surface area (Å²) in [5.41, 5.74) is 1.13. The van der Waals surface area contributed by atoms with Gasteiger partial charge in [-0.2, -0.15) is 0 Å². The van der Waals surface area contributed by atoms with E-state index >= 15 is 0 Å². The Morgan fingerprint density at radius 1 is 1.35 bits per heavy atom. The molecular weight excluding hydrogens is 276 g/mol. The van der Waals surface area contributed by atoms with E-state index in [1.54, 1.807) is 11.6 Å². The maximum Gasteiger partial charge on any atom is 0.282 e. The molecule has 1 atom stereocenters. The molecule has 0 fully saturated rings. The van der Waals surface area contributed by atoms with E-state index in [9.17, 15) is 8.42 Å². The van der Waals surface area contributed by atoms with Crippen LogP contribution in [0.3, 0.4) is 0 Å². The van der Waals surface area contributed by atoms with Crippen molar-refractivity contribution in [1.82, 2.24) is 19.5 Å². The van der Waals surface area contributed by atoms with Crippen molar-refractivity contribution in [2.75, 3.05) is 6.54 Å². The maximum absolute atomic E-state index is 11.9. The van der Waals surface area contributed by atoms with Crippen molar-refractivity contribution >= 4 is 10.0 Å². The number of nitrogens with one attached hydrogen (secondary N) is 1. The van der Waals surface area contributed by atoms with Gasteiger partial charge in [-0.05, 0) is 12.0 Å². The van der Waals surface area contributed by atoms with E-state index in [1.165, 1.54) is 0 Å². The van der Waals surface area contributed by atoms with Crippen molar-refractivity contribution in [2.24, 2.45) is 0 Å². The highest BCUT2D eigenvalue weighted by Gasteiger charge is 2.30. The highest BCUT2D eigenvalue weighted by atomic mass is 32.2. The Morgan fingerprint density at radius 3 is 2.80 bits per heavy atom. The largest absolute Gasteiger partial charge is 0.282 e. The minimum absolute atomic E-state index is 0.0734. The standard InChI is InChI=1S/C13H16N4O2S/c1-2-14-20(18,19)13-15-12-9-8-11(17(12)16-13)10-6-4-3-5-7-10/h3-7,11,14H,2,8-9H2,1H3/t11-/m0/s1. The average Bonchev–Trinajstić information content (AvgIpc) is 2.99. The zero-order chi connectivity index (χ0) is 14.2. The summed E-state index contributed by atoms with van der Waals surface area (Å²) in [4.78, 5) is 4.16. The summed E-state index contributed by atoms with van der Waals surface area (Å²) in [6.45, 7) is 2.06. The molecule has 0 saturated heterocycles.